The summed E-state index contributed by atoms with van der Waals surface area (Å²) in [6, 6.07) is 2.14. The number of hydrogen-bond donors (Lipinski definition) is 1. The Morgan fingerprint density at radius 2 is 1.70 bits per heavy atom. The molecule has 0 aliphatic carbocycles. The predicted octanol–water partition coefficient (Wildman–Crippen LogP) is 1.51. The van der Waals surface area contributed by atoms with Crippen molar-refractivity contribution in [2.24, 2.45) is 0 Å². The molecule has 0 bridgehead atoms. The first-order chi connectivity index (χ1) is 8.96. The van der Waals surface area contributed by atoms with E-state index in [1.54, 1.807) is 0 Å². The fourth-order valence-electron chi connectivity index (χ4n) is 1.34. The minimum absolute atomic E-state index is 0.204. The summed E-state index contributed by atoms with van der Waals surface area (Å²) in [5, 5.41) is 8.20. The number of halogens is 2. The first-order valence-corrected chi connectivity index (χ1v) is 9.54. The molecule has 0 aliphatic rings. The van der Waals surface area contributed by atoms with Crippen LogP contribution in [0.4, 0.5) is 0 Å². The number of hydrogen-bond acceptors (Lipinski definition) is 5. The van der Waals surface area contributed by atoms with E-state index in [1.807, 2.05) is 0 Å². The maximum absolute atomic E-state index is 12.0. The highest BCUT2D eigenvalue weighted by Gasteiger charge is 2.25. The van der Waals surface area contributed by atoms with Crippen molar-refractivity contribution in [1.29, 1.82) is 0 Å². The van der Waals surface area contributed by atoms with Crippen LogP contribution in [0.25, 0.3) is 0 Å². The van der Waals surface area contributed by atoms with Gasteiger partial charge in [0.15, 0.2) is 9.84 Å². The number of aromatic carboxylic acids is 1. The van der Waals surface area contributed by atoms with E-state index < -0.39 is 52.6 Å². The number of rotatable bonds is 5. The van der Waals surface area contributed by atoms with E-state index in [1.165, 1.54) is 0 Å². The Hall–Kier alpha value is -0.830. The summed E-state index contributed by atoms with van der Waals surface area (Å²) >= 11 is 11.4. The van der Waals surface area contributed by atoms with Crippen molar-refractivity contribution < 1.29 is 26.7 Å². The van der Waals surface area contributed by atoms with Crippen LogP contribution < -0.4 is 0 Å². The Labute approximate surface area is 126 Å². The van der Waals surface area contributed by atoms with Gasteiger partial charge in [0.2, 0.25) is 0 Å². The molecule has 0 unspecified atom stereocenters. The summed E-state index contributed by atoms with van der Waals surface area (Å²) in [6.07, 6.45) is 0.897. The Morgan fingerprint density at radius 3 is 2.15 bits per heavy atom. The van der Waals surface area contributed by atoms with E-state index in [2.05, 4.69) is 0 Å². The Bertz CT molecular complexity index is 752. The van der Waals surface area contributed by atoms with Gasteiger partial charge in [-0.15, -0.1) is 0 Å². The van der Waals surface area contributed by atoms with Crippen LogP contribution in [0.5, 0.6) is 0 Å². The maximum atomic E-state index is 12.0. The summed E-state index contributed by atoms with van der Waals surface area (Å²) in [4.78, 5) is 10.5. The molecule has 0 aromatic heterocycles. The Balaban J connectivity index is 3.34. The van der Waals surface area contributed by atoms with Gasteiger partial charge in [-0.25, -0.2) is 21.6 Å². The van der Waals surface area contributed by atoms with E-state index in [-0.39, 0.29) is 5.02 Å². The van der Waals surface area contributed by atoms with Crippen LogP contribution >= 0.6 is 23.2 Å². The molecular formula is C10H10Cl2O6S2. The average molecular weight is 361 g/mol. The van der Waals surface area contributed by atoms with E-state index in [4.69, 9.17) is 28.3 Å². The third kappa shape index (κ3) is 4.08. The SMILES string of the molecule is CS(=O)(=O)CCS(=O)(=O)c1ccc(Cl)c(C(=O)O)c1Cl. The van der Waals surface area contributed by atoms with Crippen LogP contribution in [-0.4, -0.2) is 45.7 Å². The molecule has 112 valence electrons. The van der Waals surface area contributed by atoms with Crippen LogP contribution in [0.3, 0.4) is 0 Å². The lowest BCUT2D eigenvalue weighted by atomic mass is 10.2. The van der Waals surface area contributed by atoms with Gasteiger partial charge in [0.25, 0.3) is 0 Å². The third-order valence-electron chi connectivity index (χ3n) is 2.33. The second-order valence-electron chi connectivity index (χ2n) is 3.99. The van der Waals surface area contributed by atoms with Crippen LogP contribution in [0.15, 0.2) is 17.0 Å². The van der Waals surface area contributed by atoms with Crippen LogP contribution in [0.2, 0.25) is 10.0 Å². The molecule has 1 aromatic rings. The minimum atomic E-state index is -4.03. The second kappa shape index (κ2) is 5.88. The minimum Gasteiger partial charge on any atom is -0.478 e. The van der Waals surface area contributed by atoms with Gasteiger partial charge in [-0.3, -0.25) is 0 Å². The van der Waals surface area contributed by atoms with Gasteiger partial charge >= 0.3 is 5.97 Å². The predicted molar refractivity (Wildman–Crippen MR) is 75.2 cm³/mol. The molecule has 0 radical (unpaired) electrons. The highest BCUT2D eigenvalue weighted by atomic mass is 35.5. The fraction of sp³-hybridized carbons (Fsp3) is 0.300. The van der Waals surface area contributed by atoms with Crippen LogP contribution in [-0.2, 0) is 19.7 Å². The molecular weight excluding hydrogens is 351 g/mol. The topological polar surface area (TPSA) is 106 Å². The Kier molecular flexibility index (Phi) is 5.07. The normalized spacial score (nSPS) is 12.3. The van der Waals surface area contributed by atoms with Crippen LogP contribution in [0.1, 0.15) is 10.4 Å². The zero-order valence-electron chi connectivity index (χ0n) is 10.1. The summed E-state index contributed by atoms with van der Waals surface area (Å²) in [5.41, 5.74) is -0.534. The fourth-order valence-corrected chi connectivity index (χ4v) is 5.18. The van der Waals surface area contributed by atoms with Crippen molar-refractivity contribution in [3.8, 4) is 0 Å². The number of benzene rings is 1. The summed E-state index contributed by atoms with van der Waals surface area (Å²) in [6.45, 7) is 0. The van der Waals surface area contributed by atoms with Gasteiger partial charge in [-0.05, 0) is 12.1 Å². The van der Waals surface area contributed by atoms with Crippen molar-refractivity contribution >= 4 is 48.8 Å². The lowest BCUT2D eigenvalue weighted by molar-refractivity contribution is 0.0697. The van der Waals surface area contributed by atoms with Gasteiger partial charge in [0, 0.05) is 6.26 Å². The Morgan fingerprint density at radius 1 is 1.15 bits per heavy atom. The molecule has 20 heavy (non-hydrogen) atoms. The number of carboxylic acid groups (broad SMARTS) is 1. The average Bonchev–Trinajstić information content (AvgIpc) is 2.24. The van der Waals surface area contributed by atoms with Crippen LogP contribution in [0, 0.1) is 0 Å². The lowest BCUT2D eigenvalue weighted by Crippen LogP contribution is -2.17. The van der Waals surface area contributed by atoms with Crippen molar-refractivity contribution in [2.75, 3.05) is 17.8 Å². The zero-order valence-corrected chi connectivity index (χ0v) is 13.3. The van der Waals surface area contributed by atoms with Crippen molar-refractivity contribution in [3.63, 3.8) is 0 Å². The molecule has 0 heterocycles. The van der Waals surface area contributed by atoms with Gasteiger partial charge in [0.1, 0.15) is 9.84 Å². The number of carboxylic acids is 1. The smallest absolute Gasteiger partial charge is 0.338 e. The first kappa shape index (κ1) is 17.2. The largest absolute Gasteiger partial charge is 0.478 e. The zero-order chi connectivity index (χ0) is 15.7. The quantitative estimate of drug-likeness (QED) is 0.852. The molecule has 0 aliphatic heterocycles. The van der Waals surface area contributed by atoms with Gasteiger partial charge in [0.05, 0.1) is 32.0 Å². The molecule has 10 heteroatoms. The molecule has 1 N–H and O–H groups in total. The number of sulfone groups is 2. The van der Waals surface area contributed by atoms with Gasteiger partial charge < -0.3 is 5.11 Å². The van der Waals surface area contributed by atoms with Crippen molar-refractivity contribution in [3.05, 3.63) is 27.7 Å². The standard InChI is InChI=1S/C10H10Cl2O6S2/c1-19(15,16)4-5-20(17,18)7-3-2-6(11)8(9(7)12)10(13)14/h2-3H,4-5H2,1H3,(H,13,14). The van der Waals surface area contributed by atoms with Crippen molar-refractivity contribution in [1.82, 2.24) is 0 Å². The van der Waals surface area contributed by atoms with E-state index in [0.29, 0.717) is 0 Å². The van der Waals surface area contributed by atoms with Gasteiger partial charge in [-0.1, -0.05) is 23.2 Å². The third-order valence-corrected chi connectivity index (χ3v) is 6.10. The van der Waals surface area contributed by atoms with E-state index in [9.17, 15) is 21.6 Å². The summed E-state index contributed by atoms with van der Waals surface area (Å²) < 4.78 is 46.0. The van der Waals surface area contributed by atoms with Crippen molar-refractivity contribution in [2.45, 2.75) is 4.90 Å². The lowest BCUT2D eigenvalue weighted by Gasteiger charge is -2.09. The highest BCUT2D eigenvalue weighted by molar-refractivity contribution is 7.94. The first-order valence-electron chi connectivity index (χ1n) is 5.07. The molecule has 1 aromatic carbocycles. The van der Waals surface area contributed by atoms with Gasteiger partial charge in [-0.2, -0.15) is 0 Å². The molecule has 0 spiro atoms. The summed E-state index contributed by atoms with van der Waals surface area (Å²) in [5.74, 6) is -2.75. The molecule has 6 nitrogen and oxygen atoms in total. The molecule has 1 rings (SSSR count). The second-order valence-corrected chi connectivity index (χ2v) is 9.11. The summed E-state index contributed by atoms with van der Waals surface area (Å²) in [7, 11) is -7.51. The molecule has 0 atom stereocenters. The van der Waals surface area contributed by atoms with E-state index in [0.717, 1.165) is 18.4 Å². The molecule has 0 amide bonds. The molecule has 0 fully saturated rings. The monoisotopic (exact) mass is 360 g/mol. The highest BCUT2D eigenvalue weighted by Crippen LogP contribution is 2.31. The molecule has 0 saturated carbocycles. The van der Waals surface area contributed by atoms with E-state index >= 15 is 0 Å². The maximum Gasteiger partial charge on any atom is 0.338 e. The molecule has 0 saturated heterocycles. The number of carbonyl (C=O) groups is 1.